The maximum Gasteiger partial charge on any atom is 0.338 e. The van der Waals surface area contributed by atoms with Gasteiger partial charge in [0.2, 0.25) is 11.6 Å². The van der Waals surface area contributed by atoms with Gasteiger partial charge >= 0.3 is 11.9 Å². The first kappa shape index (κ1) is 35.1. The van der Waals surface area contributed by atoms with Crippen LogP contribution < -0.4 is 0 Å². The molecule has 46 heavy (non-hydrogen) atoms. The molecule has 0 bridgehead atoms. The highest BCUT2D eigenvalue weighted by molar-refractivity contribution is 7.90. The Hall–Kier alpha value is -3.81. The molecular formula is C30H21Cl4NO10S. The first-order valence-electron chi connectivity index (χ1n) is 13.1. The van der Waals surface area contributed by atoms with Crippen LogP contribution in [-0.2, 0) is 24.1 Å². The zero-order chi connectivity index (χ0) is 33.9. The van der Waals surface area contributed by atoms with E-state index in [4.69, 9.17) is 55.9 Å². The van der Waals surface area contributed by atoms with Crippen LogP contribution in [0.2, 0.25) is 20.1 Å². The van der Waals surface area contributed by atoms with Crippen molar-refractivity contribution in [1.82, 2.24) is 4.90 Å². The standard InChI is InChI=1S/C30H21Cl4NO10S/c1-46(42,43)9-8-24(30(41)45-14-26(37)20-7-4-17(32)12-23(20)34)35-27(38)18-5-2-15(10-21(18)28(35)39)29(40)44-13-25(36)19-6-3-16(31)11-22(19)33/h2-7,10-12,24H,8-9,13-14H2,1H3/t24-/m1/s1. The molecule has 0 N–H and O–H groups in total. The number of fused-ring (bicyclic) bond motifs is 1. The molecule has 0 aliphatic carbocycles. The fraction of sp³-hybridized carbons (Fsp3) is 0.200. The van der Waals surface area contributed by atoms with E-state index in [0.717, 1.165) is 18.4 Å². The van der Waals surface area contributed by atoms with E-state index < -0.39 is 76.6 Å². The van der Waals surface area contributed by atoms with Gasteiger partial charge in [0.05, 0.1) is 32.5 Å². The summed E-state index contributed by atoms with van der Waals surface area (Å²) in [6.07, 6.45) is 0.358. The van der Waals surface area contributed by atoms with E-state index in [0.29, 0.717) is 9.92 Å². The predicted molar refractivity (Wildman–Crippen MR) is 168 cm³/mol. The van der Waals surface area contributed by atoms with E-state index in [1.807, 2.05) is 0 Å². The molecule has 0 saturated heterocycles. The number of Topliss-reactive ketones (excluding diaryl/α,β-unsaturated/α-hetero) is 2. The number of imide groups is 1. The minimum atomic E-state index is -3.68. The number of hydrogen-bond acceptors (Lipinski definition) is 10. The monoisotopic (exact) mass is 727 g/mol. The van der Waals surface area contributed by atoms with Gasteiger partial charge in [0.15, 0.2) is 13.2 Å². The minimum Gasteiger partial charge on any atom is -0.456 e. The van der Waals surface area contributed by atoms with E-state index in [-0.39, 0.29) is 42.9 Å². The Morgan fingerprint density at radius 3 is 1.78 bits per heavy atom. The Kier molecular flexibility index (Phi) is 10.9. The van der Waals surface area contributed by atoms with Crippen LogP contribution in [0, 0.1) is 0 Å². The van der Waals surface area contributed by atoms with Gasteiger partial charge in [-0.25, -0.2) is 18.0 Å². The summed E-state index contributed by atoms with van der Waals surface area (Å²) < 4.78 is 34.0. The van der Waals surface area contributed by atoms with Crippen molar-refractivity contribution in [3.05, 3.63) is 103 Å². The minimum absolute atomic E-state index is 0.00463. The van der Waals surface area contributed by atoms with Gasteiger partial charge in [0.1, 0.15) is 15.9 Å². The Morgan fingerprint density at radius 1 is 0.739 bits per heavy atom. The Balaban J connectivity index is 1.51. The second-order valence-corrected chi connectivity index (χ2v) is 13.9. The van der Waals surface area contributed by atoms with Crippen LogP contribution in [0.1, 0.15) is 58.2 Å². The average Bonchev–Trinajstić information content (AvgIpc) is 3.22. The predicted octanol–water partition coefficient (Wildman–Crippen LogP) is 5.17. The third kappa shape index (κ3) is 8.12. The summed E-state index contributed by atoms with van der Waals surface area (Å²) in [6.45, 7) is -1.54. The molecule has 240 valence electrons. The lowest BCUT2D eigenvalue weighted by Gasteiger charge is -2.24. The van der Waals surface area contributed by atoms with E-state index in [1.54, 1.807) is 0 Å². The molecule has 0 aromatic heterocycles. The van der Waals surface area contributed by atoms with E-state index in [9.17, 15) is 37.2 Å². The van der Waals surface area contributed by atoms with Crippen molar-refractivity contribution < 1.29 is 46.7 Å². The maximum absolute atomic E-state index is 13.4. The number of nitrogens with zero attached hydrogens (tertiary/aromatic N) is 1. The average molecular weight is 729 g/mol. The van der Waals surface area contributed by atoms with Crippen LogP contribution in [0.3, 0.4) is 0 Å². The molecule has 2 amide bonds. The quantitative estimate of drug-likeness (QED) is 0.138. The van der Waals surface area contributed by atoms with Gasteiger partial charge in [-0.1, -0.05) is 46.4 Å². The van der Waals surface area contributed by atoms with Gasteiger partial charge in [0.25, 0.3) is 11.8 Å². The summed E-state index contributed by atoms with van der Waals surface area (Å²) in [6, 6.07) is 9.79. The summed E-state index contributed by atoms with van der Waals surface area (Å²) in [5, 5.41) is 0.609. The van der Waals surface area contributed by atoms with Crippen LogP contribution in [0.4, 0.5) is 0 Å². The van der Waals surface area contributed by atoms with Crippen LogP contribution in [-0.4, -0.2) is 79.9 Å². The first-order valence-corrected chi connectivity index (χ1v) is 16.6. The van der Waals surface area contributed by atoms with Gasteiger partial charge in [-0.2, -0.15) is 0 Å². The number of ether oxygens (including phenoxy) is 2. The molecule has 1 atom stereocenters. The zero-order valence-corrected chi connectivity index (χ0v) is 27.4. The van der Waals surface area contributed by atoms with Crippen molar-refractivity contribution in [2.45, 2.75) is 12.5 Å². The molecule has 4 rings (SSSR count). The van der Waals surface area contributed by atoms with Gasteiger partial charge in [-0.3, -0.25) is 24.1 Å². The maximum atomic E-state index is 13.4. The van der Waals surface area contributed by atoms with Crippen molar-refractivity contribution in [2.75, 3.05) is 25.2 Å². The number of carbonyl (C=O) groups is 6. The largest absolute Gasteiger partial charge is 0.456 e. The van der Waals surface area contributed by atoms with Crippen molar-refractivity contribution in [2.24, 2.45) is 0 Å². The highest BCUT2D eigenvalue weighted by Gasteiger charge is 2.44. The van der Waals surface area contributed by atoms with E-state index in [2.05, 4.69) is 0 Å². The molecular weight excluding hydrogens is 708 g/mol. The Morgan fingerprint density at radius 2 is 1.26 bits per heavy atom. The number of amides is 2. The fourth-order valence-electron chi connectivity index (χ4n) is 4.38. The molecule has 3 aromatic carbocycles. The van der Waals surface area contributed by atoms with Crippen LogP contribution in [0.25, 0.3) is 0 Å². The van der Waals surface area contributed by atoms with Crippen molar-refractivity contribution in [3.63, 3.8) is 0 Å². The molecule has 1 aliphatic rings. The molecule has 0 fully saturated rings. The smallest absolute Gasteiger partial charge is 0.338 e. The number of sulfone groups is 1. The second kappa shape index (κ2) is 14.3. The summed E-state index contributed by atoms with van der Waals surface area (Å²) in [4.78, 5) is 78.2. The lowest BCUT2D eigenvalue weighted by molar-refractivity contribution is -0.147. The lowest BCUT2D eigenvalue weighted by atomic mass is 10.1. The molecule has 0 spiro atoms. The highest BCUT2D eigenvalue weighted by Crippen LogP contribution is 2.29. The number of carbonyl (C=O) groups excluding carboxylic acids is 6. The summed E-state index contributed by atoms with van der Waals surface area (Å²) in [5.41, 5.74) is -0.615. The van der Waals surface area contributed by atoms with E-state index in [1.165, 1.54) is 42.5 Å². The summed E-state index contributed by atoms with van der Waals surface area (Å²) >= 11 is 23.7. The van der Waals surface area contributed by atoms with Gasteiger partial charge < -0.3 is 9.47 Å². The zero-order valence-electron chi connectivity index (χ0n) is 23.6. The van der Waals surface area contributed by atoms with Crippen molar-refractivity contribution in [1.29, 1.82) is 0 Å². The number of rotatable bonds is 12. The Bertz CT molecular complexity index is 1910. The van der Waals surface area contributed by atoms with E-state index >= 15 is 0 Å². The topological polar surface area (TPSA) is 158 Å². The highest BCUT2D eigenvalue weighted by atomic mass is 35.5. The number of benzene rings is 3. The lowest BCUT2D eigenvalue weighted by Crippen LogP contribution is -2.46. The molecule has 16 heteroatoms. The molecule has 11 nitrogen and oxygen atoms in total. The van der Waals surface area contributed by atoms with Crippen LogP contribution in [0.5, 0.6) is 0 Å². The number of hydrogen-bond donors (Lipinski definition) is 0. The normalized spacial score (nSPS) is 13.3. The molecule has 1 aliphatic heterocycles. The van der Waals surface area contributed by atoms with Crippen molar-refractivity contribution in [3.8, 4) is 0 Å². The third-order valence-corrected chi connectivity index (χ3v) is 8.72. The molecule has 0 radical (unpaired) electrons. The van der Waals surface area contributed by atoms with Gasteiger partial charge in [0, 0.05) is 27.4 Å². The van der Waals surface area contributed by atoms with Gasteiger partial charge in [-0.15, -0.1) is 0 Å². The molecule has 0 unspecified atom stereocenters. The van der Waals surface area contributed by atoms with Crippen LogP contribution >= 0.6 is 46.4 Å². The summed E-state index contributed by atoms with van der Waals surface area (Å²) in [7, 11) is -3.68. The third-order valence-electron chi connectivity index (χ3n) is 6.64. The summed E-state index contributed by atoms with van der Waals surface area (Å²) in [5.74, 6) is -6.18. The van der Waals surface area contributed by atoms with Crippen molar-refractivity contribution >= 4 is 91.6 Å². The molecule has 0 saturated carbocycles. The second-order valence-electron chi connectivity index (χ2n) is 9.95. The Labute approximate surface area is 282 Å². The van der Waals surface area contributed by atoms with Gasteiger partial charge in [-0.05, 0) is 61.0 Å². The fourth-order valence-corrected chi connectivity index (χ4v) is 6.06. The number of esters is 2. The SMILES string of the molecule is CS(=O)(=O)CC[C@H](C(=O)OCC(=O)c1ccc(Cl)cc1Cl)N1C(=O)c2ccc(C(=O)OCC(=O)c3ccc(Cl)cc3Cl)cc2C1=O. The number of halogens is 4. The number of ketones is 2. The molecule has 3 aromatic rings. The molecule has 1 heterocycles. The first-order chi connectivity index (χ1) is 21.6. The van der Waals surface area contributed by atoms with Crippen LogP contribution in [0.15, 0.2) is 54.6 Å².